The van der Waals surface area contributed by atoms with Crippen molar-refractivity contribution in [3.63, 3.8) is 0 Å². The Morgan fingerprint density at radius 3 is 2.41 bits per heavy atom. The molecule has 0 aromatic heterocycles. The lowest BCUT2D eigenvalue weighted by molar-refractivity contribution is 0.104. The number of rotatable bonds is 6. The van der Waals surface area contributed by atoms with Crippen LogP contribution in [-0.4, -0.2) is 43.8 Å². The van der Waals surface area contributed by atoms with Gasteiger partial charge in [-0.3, -0.25) is 4.79 Å². The van der Waals surface area contributed by atoms with Crippen molar-refractivity contribution in [1.82, 2.24) is 4.31 Å². The number of phenolic OH excluding ortho intramolecular Hbond substituents is 1. The van der Waals surface area contributed by atoms with Crippen molar-refractivity contribution in [2.75, 3.05) is 20.2 Å². The van der Waals surface area contributed by atoms with Gasteiger partial charge in [-0.25, -0.2) is 8.42 Å². The molecule has 0 unspecified atom stereocenters. The summed E-state index contributed by atoms with van der Waals surface area (Å²) in [5.74, 6) is -0.241. The second kappa shape index (κ2) is 8.98. The van der Waals surface area contributed by atoms with Gasteiger partial charge < -0.3 is 9.84 Å². The fraction of sp³-hybridized carbons (Fsp3) is 0.286. The molecular formula is C21H22ClNO5S. The van der Waals surface area contributed by atoms with Gasteiger partial charge in [-0.1, -0.05) is 24.1 Å². The number of hydrogen-bond acceptors (Lipinski definition) is 5. The van der Waals surface area contributed by atoms with E-state index in [9.17, 15) is 18.3 Å². The summed E-state index contributed by atoms with van der Waals surface area (Å²) in [4.78, 5) is 12.6. The van der Waals surface area contributed by atoms with E-state index in [4.69, 9.17) is 16.3 Å². The van der Waals surface area contributed by atoms with Gasteiger partial charge in [0.1, 0.15) is 0 Å². The average Bonchev–Trinajstić information content (AvgIpc) is 2.75. The number of hydrogen-bond donors (Lipinski definition) is 1. The predicted octanol–water partition coefficient (Wildman–Crippen LogP) is 4.12. The number of carbonyl (C=O) groups excluding carboxylic acids is 1. The summed E-state index contributed by atoms with van der Waals surface area (Å²) in [6.45, 7) is 1.06. The molecular weight excluding hydrogens is 414 g/mol. The number of phenols is 1. The maximum Gasteiger partial charge on any atom is 0.243 e. The number of aromatic hydroxyl groups is 1. The molecule has 1 heterocycles. The zero-order valence-corrected chi connectivity index (χ0v) is 17.5. The molecule has 0 atom stereocenters. The quantitative estimate of drug-likeness (QED) is 0.545. The molecule has 0 amide bonds. The Morgan fingerprint density at radius 2 is 1.79 bits per heavy atom. The average molecular weight is 436 g/mol. The number of benzene rings is 2. The molecule has 1 saturated heterocycles. The molecule has 0 bridgehead atoms. The number of methoxy groups -OCH3 is 1. The number of nitrogens with zero attached hydrogens (tertiary/aromatic N) is 1. The van der Waals surface area contributed by atoms with Crippen LogP contribution in [0.25, 0.3) is 6.08 Å². The van der Waals surface area contributed by atoms with E-state index in [0.29, 0.717) is 24.2 Å². The summed E-state index contributed by atoms with van der Waals surface area (Å²) in [5.41, 5.74) is 0.956. The molecule has 1 aliphatic heterocycles. The Bertz CT molecular complexity index is 1030. The highest BCUT2D eigenvalue weighted by Crippen LogP contribution is 2.35. The van der Waals surface area contributed by atoms with Crippen LogP contribution in [0.4, 0.5) is 0 Å². The van der Waals surface area contributed by atoms with Crippen LogP contribution >= 0.6 is 11.6 Å². The van der Waals surface area contributed by atoms with Crippen LogP contribution < -0.4 is 4.74 Å². The van der Waals surface area contributed by atoms with E-state index in [0.717, 1.165) is 19.3 Å². The lowest BCUT2D eigenvalue weighted by Gasteiger charge is -2.25. The van der Waals surface area contributed by atoms with Crippen molar-refractivity contribution in [3.8, 4) is 11.5 Å². The van der Waals surface area contributed by atoms with Crippen molar-refractivity contribution in [2.45, 2.75) is 24.2 Å². The molecule has 2 aromatic carbocycles. The fourth-order valence-electron chi connectivity index (χ4n) is 3.16. The van der Waals surface area contributed by atoms with Crippen LogP contribution in [0.1, 0.15) is 35.2 Å². The van der Waals surface area contributed by atoms with Crippen LogP contribution in [0, 0.1) is 0 Å². The number of halogens is 1. The van der Waals surface area contributed by atoms with E-state index in [1.54, 1.807) is 12.1 Å². The van der Waals surface area contributed by atoms with Gasteiger partial charge in [0.25, 0.3) is 0 Å². The Labute approximate surface area is 175 Å². The fourth-order valence-corrected chi connectivity index (χ4v) is 4.90. The third-order valence-electron chi connectivity index (χ3n) is 4.79. The van der Waals surface area contributed by atoms with Crippen LogP contribution in [0.15, 0.2) is 47.4 Å². The molecule has 2 aromatic rings. The lowest BCUT2D eigenvalue weighted by Crippen LogP contribution is -2.35. The normalized spacial score (nSPS) is 15.5. The van der Waals surface area contributed by atoms with Crippen LogP contribution in [0.5, 0.6) is 11.5 Å². The van der Waals surface area contributed by atoms with E-state index in [2.05, 4.69) is 0 Å². The summed E-state index contributed by atoms with van der Waals surface area (Å²) >= 11 is 5.94. The molecule has 154 valence electrons. The van der Waals surface area contributed by atoms with E-state index >= 15 is 0 Å². The maximum absolute atomic E-state index is 12.7. The molecule has 3 rings (SSSR count). The minimum absolute atomic E-state index is 0.115. The molecule has 1 aliphatic rings. The van der Waals surface area contributed by atoms with Crippen molar-refractivity contribution in [2.24, 2.45) is 0 Å². The first kappa shape index (κ1) is 21.4. The van der Waals surface area contributed by atoms with E-state index in [1.807, 2.05) is 0 Å². The number of ether oxygens (including phenoxy) is 1. The molecule has 1 N–H and O–H groups in total. The van der Waals surface area contributed by atoms with Gasteiger partial charge in [-0.2, -0.15) is 4.31 Å². The highest BCUT2D eigenvalue weighted by atomic mass is 35.5. The molecule has 8 heteroatoms. The van der Waals surface area contributed by atoms with Crippen molar-refractivity contribution >= 4 is 33.5 Å². The molecule has 29 heavy (non-hydrogen) atoms. The summed E-state index contributed by atoms with van der Waals surface area (Å²) in [5, 5.41) is 9.88. The highest BCUT2D eigenvalue weighted by Gasteiger charge is 2.25. The zero-order valence-electron chi connectivity index (χ0n) is 16.0. The van der Waals surface area contributed by atoms with Crippen LogP contribution in [0.2, 0.25) is 5.02 Å². The first-order valence-electron chi connectivity index (χ1n) is 9.22. The smallest absolute Gasteiger partial charge is 0.243 e. The summed E-state index contributed by atoms with van der Waals surface area (Å²) < 4.78 is 31.9. The second-order valence-electron chi connectivity index (χ2n) is 6.74. The molecule has 0 aliphatic carbocycles. The van der Waals surface area contributed by atoms with Crippen LogP contribution in [-0.2, 0) is 10.0 Å². The standard InChI is InChI=1S/C21H22ClNO5S/c1-28-20-14-15(13-18(22)21(20)25)5-10-19(24)16-6-8-17(9-7-16)29(26,27)23-11-3-2-4-12-23/h5-10,13-14,25H,2-4,11-12H2,1H3/b10-5+. The first-order chi connectivity index (χ1) is 13.8. The molecule has 6 nitrogen and oxygen atoms in total. The van der Waals surface area contributed by atoms with E-state index < -0.39 is 10.0 Å². The number of carbonyl (C=O) groups is 1. The third-order valence-corrected chi connectivity index (χ3v) is 6.99. The van der Waals surface area contributed by atoms with Crippen molar-refractivity contribution in [3.05, 3.63) is 58.6 Å². The number of piperidine rings is 1. The molecule has 0 spiro atoms. The zero-order chi connectivity index (χ0) is 21.0. The Morgan fingerprint density at radius 1 is 1.14 bits per heavy atom. The summed E-state index contributed by atoms with van der Waals surface area (Å²) in [6.07, 6.45) is 5.69. The monoisotopic (exact) mass is 435 g/mol. The number of ketones is 1. The third kappa shape index (κ3) is 4.80. The van der Waals surface area contributed by atoms with E-state index in [-0.39, 0.29) is 27.2 Å². The largest absolute Gasteiger partial charge is 0.503 e. The lowest BCUT2D eigenvalue weighted by atomic mass is 10.1. The van der Waals surface area contributed by atoms with Gasteiger partial charge in [0.15, 0.2) is 17.3 Å². The van der Waals surface area contributed by atoms with Crippen molar-refractivity contribution in [1.29, 1.82) is 0 Å². The Balaban J connectivity index is 1.75. The summed E-state index contributed by atoms with van der Waals surface area (Å²) in [6, 6.07) is 9.01. The Kier molecular flexibility index (Phi) is 6.62. The Hall–Kier alpha value is -2.35. The highest BCUT2D eigenvalue weighted by molar-refractivity contribution is 7.89. The SMILES string of the molecule is COc1cc(/C=C/C(=O)c2ccc(S(=O)(=O)N3CCCCC3)cc2)cc(Cl)c1O. The van der Waals surface area contributed by atoms with E-state index in [1.165, 1.54) is 47.8 Å². The number of sulfonamides is 1. The topological polar surface area (TPSA) is 83.9 Å². The van der Waals surface area contributed by atoms with Gasteiger partial charge in [-0.05, 0) is 60.9 Å². The van der Waals surface area contributed by atoms with Gasteiger partial charge >= 0.3 is 0 Å². The number of allylic oxidation sites excluding steroid dienone is 1. The first-order valence-corrected chi connectivity index (χ1v) is 11.0. The molecule has 1 fully saturated rings. The van der Waals surface area contributed by atoms with Gasteiger partial charge in [0.05, 0.1) is 17.0 Å². The summed E-state index contributed by atoms with van der Waals surface area (Å²) in [7, 11) is -2.12. The van der Waals surface area contributed by atoms with Crippen LogP contribution in [0.3, 0.4) is 0 Å². The minimum atomic E-state index is -3.52. The van der Waals surface area contributed by atoms with Gasteiger partial charge in [0, 0.05) is 18.7 Å². The molecule has 0 radical (unpaired) electrons. The van der Waals surface area contributed by atoms with Gasteiger partial charge in [-0.15, -0.1) is 0 Å². The maximum atomic E-state index is 12.7. The second-order valence-corrected chi connectivity index (χ2v) is 9.09. The van der Waals surface area contributed by atoms with Crippen molar-refractivity contribution < 1.29 is 23.1 Å². The van der Waals surface area contributed by atoms with Gasteiger partial charge in [0.2, 0.25) is 10.0 Å². The molecule has 0 saturated carbocycles. The minimum Gasteiger partial charge on any atom is -0.503 e. The predicted molar refractivity (Wildman–Crippen MR) is 112 cm³/mol.